The Kier molecular flexibility index (Phi) is 5.25. The zero-order chi connectivity index (χ0) is 12.0. The third-order valence-electron chi connectivity index (χ3n) is 2.55. The van der Waals surface area contributed by atoms with Gasteiger partial charge in [0.15, 0.2) is 5.92 Å². The number of carbonyl (C=O) groups is 2. The lowest BCUT2D eigenvalue weighted by Gasteiger charge is -2.18. The molecular formula is C11H19NO4. The van der Waals surface area contributed by atoms with Crippen LogP contribution in [0.15, 0.2) is 0 Å². The summed E-state index contributed by atoms with van der Waals surface area (Å²) in [6.45, 7) is 5.28. The minimum absolute atomic E-state index is 0.284. The number of ether oxygens (including phenoxy) is 1. The molecule has 0 radical (unpaired) electrons. The van der Waals surface area contributed by atoms with E-state index in [2.05, 4.69) is 0 Å². The van der Waals surface area contributed by atoms with Gasteiger partial charge in [0.2, 0.25) is 0 Å². The van der Waals surface area contributed by atoms with Crippen LogP contribution in [0.4, 0.5) is 0 Å². The highest BCUT2D eigenvalue weighted by atomic mass is 16.7. The number of rotatable bonds is 5. The van der Waals surface area contributed by atoms with Gasteiger partial charge in [-0.3, -0.25) is 4.79 Å². The largest absolute Gasteiger partial charge is 0.465 e. The fourth-order valence-corrected chi connectivity index (χ4v) is 1.64. The third kappa shape index (κ3) is 3.48. The molecule has 0 bridgehead atoms. The van der Waals surface area contributed by atoms with E-state index in [9.17, 15) is 9.59 Å². The summed E-state index contributed by atoms with van der Waals surface area (Å²) in [4.78, 5) is 28.3. The summed E-state index contributed by atoms with van der Waals surface area (Å²) in [7, 11) is 0. The van der Waals surface area contributed by atoms with Gasteiger partial charge >= 0.3 is 11.9 Å². The minimum atomic E-state index is -0.791. The summed E-state index contributed by atoms with van der Waals surface area (Å²) in [5, 5.41) is 1.62. The summed E-state index contributed by atoms with van der Waals surface area (Å²) >= 11 is 0. The van der Waals surface area contributed by atoms with Crippen molar-refractivity contribution in [3.8, 4) is 0 Å². The van der Waals surface area contributed by atoms with Gasteiger partial charge in [0, 0.05) is 13.1 Å². The van der Waals surface area contributed by atoms with E-state index in [0.29, 0.717) is 6.42 Å². The Morgan fingerprint density at radius 1 is 1.19 bits per heavy atom. The second-order valence-electron chi connectivity index (χ2n) is 3.76. The number of esters is 1. The molecule has 1 aliphatic heterocycles. The molecule has 1 saturated heterocycles. The van der Waals surface area contributed by atoms with Gasteiger partial charge in [0.1, 0.15) is 0 Å². The molecule has 16 heavy (non-hydrogen) atoms. The van der Waals surface area contributed by atoms with Crippen molar-refractivity contribution < 1.29 is 19.2 Å². The highest BCUT2D eigenvalue weighted by molar-refractivity contribution is 5.94. The molecule has 1 atom stereocenters. The number of hydroxylamine groups is 2. The van der Waals surface area contributed by atoms with Crippen molar-refractivity contribution >= 4 is 11.9 Å². The Morgan fingerprint density at radius 3 is 2.31 bits per heavy atom. The molecule has 0 aromatic rings. The molecule has 0 N–H and O–H groups in total. The average Bonchev–Trinajstić information content (AvgIpc) is 2.71. The van der Waals surface area contributed by atoms with E-state index in [1.165, 1.54) is 0 Å². The molecular weight excluding hydrogens is 210 g/mol. The molecule has 1 aliphatic rings. The SMILES string of the molecule is CCOC(=O)C(CC)C(=O)ON1CCCC1. The predicted molar refractivity (Wildman–Crippen MR) is 57.3 cm³/mol. The zero-order valence-electron chi connectivity index (χ0n) is 9.90. The van der Waals surface area contributed by atoms with Crippen molar-refractivity contribution in [2.75, 3.05) is 19.7 Å². The molecule has 1 fully saturated rings. The maximum Gasteiger partial charge on any atom is 0.339 e. The first-order valence-corrected chi connectivity index (χ1v) is 5.82. The van der Waals surface area contributed by atoms with Crippen LogP contribution < -0.4 is 0 Å². The van der Waals surface area contributed by atoms with Crippen LogP contribution in [0.25, 0.3) is 0 Å². The molecule has 0 aliphatic carbocycles. The fourth-order valence-electron chi connectivity index (χ4n) is 1.64. The van der Waals surface area contributed by atoms with Gasteiger partial charge in [0.25, 0.3) is 0 Å². The number of carbonyl (C=O) groups excluding carboxylic acids is 2. The van der Waals surface area contributed by atoms with E-state index in [-0.39, 0.29) is 6.61 Å². The van der Waals surface area contributed by atoms with E-state index >= 15 is 0 Å². The molecule has 0 amide bonds. The molecule has 0 spiro atoms. The molecule has 92 valence electrons. The average molecular weight is 229 g/mol. The highest BCUT2D eigenvalue weighted by Gasteiger charge is 2.30. The van der Waals surface area contributed by atoms with Gasteiger partial charge in [-0.05, 0) is 26.2 Å². The lowest BCUT2D eigenvalue weighted by Crippen LogP contribution is -2.33. The summed E-state index contributed by atoms with van der Waals surface area (Å²) in [6, 6.07) is 0. The van der Waals surface area contributed by atoms with Crippen molar-refractivity contribution in [1.82, 2.24) is 5.06 Å². The smallest absolute Gasteiger partial charge is 0.339 e. The van der Waals surface area contributed by atoms with Gasteiger partial charge in [-0.15, -0.1) is 5.06 Å². The van der Waals surface area contributed by atoms with Gasteiger partial charge < -0.3 is 9.57 Å². The van der Waals surface area contributed by atoms with Gasteiger partial charge in [-0.25, -0.2) is 4.79 Å². The van der Waals surface area contributed by atoms with E-state index in [1.54, 1.807) is 18.9 Å². The van der Waals surface area contributed by atoms with E-state index in [1.807, 2.05) is 0 Å². The first kappa shape index (κ1) is 13.0. The van der Waals surface area contributed by atoms with Crippen molar-refractivity contribution in [2.24, 2.45) is 5.92 Å². The second kappa shape index (κ2) is 6.48. The van der Waals surface area contributed by atoms with E-state index in [0.717, 1.165) is 25.9 Å². The van der Waals surface area contributed by atoms with E-state index < -0.39 is 17.9 Å². The lowest BCUT2D eigenvalue weighted by atomic mass is 10.1. The van der Waals surface area contributed by atoms with E-state index in [4.69, 9.17) is 9.57 Å². The molecule has 1 unspecified atom stereocenters. The molecule has 0 aromatic heterocycles. The summed E-state index contributed by atoms with van der Waals surface area (Å²) in [6.07, 6.45) is 2.47. The van der Waals surface area contributed by atoms with Crippen LogP contribution >= 0.6 is 0 Å². The molecule has 5 nitrogen and oxygen atoms in total. The molecule has 0 saturated carbocycles. The van der Waals surface area contributed by atoms with Crippen molar-refractivity contribution in [3.05, 3.63) is 0 Å². The summed E-state index contributed by atoms with van der Waals surface area (Å²) < 4.78 is 4.82. The van der Waals surface area contributed by atoms with Crippen LogP contribution in [0.5, 0.6) is 0 Å². The van der Waals surface area contributed by atoms with Crippen LogP contribution in [0.2, 0.25) is 0 Å². The monoisotopic (exact) mass is 229 g/mol. The first-order chi connectivity index (χ1) is 7.69. The van der Waals surface area contributed by atoms with Crippen molar-refractivity contribution in [2.45, 2.75) is 33.1 Å². The van der Waals surface area contributed by atoms with Gasteiger partial charge in [-0.2, -0.15) is 0 Å². The second-order valence-corrected chi connectivity index (χ2v) is 3.76. The minimum Gasteiger partial charge on any atom is -0.465 e. The molecule has 1 rings (SSSR count). The molecule has 1 heterocycles. The Hall–Kier alpha value is -1.10. The van der Waals surface area contributed by atoms with Crippen LogP contribution in [-0.2, 0) is 19.2 Å². The molecule has 0 aromatic carbocycles. The third-order valence-corrected chi connectivity index (χ3v) is 2.55. The maximum atomic E-state index is 11.7. The normalized spacial score (nSPS) is 18.1. The Labute approximate surface area is 95.6 Å². The van der Waals surface area contributed by atoms with Crippen LogP contribution in [0.1, 0.15) is 33.1 Å². The van der Waals surface area contributed by atoms with Crippen molar-refractivity contribution in [3.63, 3.8) is 0 Å². The van der Waals surface area contributed by atoms with Crippen LogP contribution in [-0.4, -0.2) is 36.7 Å². The highest BCUT2D eigenvalue weighted by Crippen LogP contribution is 2.13. The predicted octanol–water partition coefficient (Wildman–Crippen LogP) is 1.13. The zero-order valence-corrected chi connectivity index (χ0v) is 9.90. The Balaban J connectivity index is 2.44. The Bertz CT molecular complexity index is 248. The fraction of sp³-hybridized carbons (Fsp3) is 0.818. The van der Waals surface area contributed by atoms with Crippen LogP contribution in [0, 0.1) is 5.92 Å². The quantitative estimate of drug-likeness (QED) is 0.522. The number of nitrogens with zero attached hydrogens (tertiary/aromatic N) is 1. The van der Waals surface area contributed by atoms with Crippen LogP contribution in [0.3, 0.4) is 0 Å². The van der Waals surface area contributed by atoms with Crippen molar-refractivity contribution in [1.29, 1.82) is 0 Å². The Morgan fingerprint density at radius 2 is 1.81 bits per heavy atom. The van der Waals surface area contributed by atoms with Gasteiger partial charge in [0.05, 0.1) is 6.61 Å². The topological polar surface area (TPSA) is 55.8 Å². The standard InChI is InChI=1S/C11H19NO4/c1-3-9(10(13)15-4-2)11(14)16-12-7-5-6-8-12/h9H,3-8H2,1-2H3. The van der Waals surface area contributed by atoms with Gasteiger partial charge in [-0.1, -0.05) is 6.92 Å². The number of hydrogen-bond acceptors (Lipinski definition) is 5. The molecule has 5 heteroatoms. The lowest BCUT2D eigenvalue weighted by molar-refractivity contribution is -0.194. The number of hydrogen-bond donors (Lipinski definition) is 0. The summed E-state index contributed by atoms with van der Waals surface area (Å²) in [5.74, 6) is -1.78. The summed E-state index contributed by atoms with van der Waals surface area (Å²) in [5.41, 5.74) is 0. The first-order valence-electron chi connectivity index (χ1n) is 5.82. The maximum absolute atomic E-state index is 11.7.